The van der Waals surface area contributed by atoms with Crippen LogP contribution in [0.15, 0.2) is 18.2 Å². The second kappa shape index (κ2) is 5.59. The van der Waals surface area contributed by atoms with Crippen LogP contribution in [0.2, 0.25) is 0 Å². The van der Waals surface area contributed by atoms with Gasteiger partial charge in [0.2, 0.25) is 0 Å². The molecule has 1 aromatic carbocycles. The van der Waals surface area contributed by atoms with E-state index in [2.05, 4.69) is 50.2 Å². The minimum atomic E-state index is 0.147. The van der Waals surface area contributed by atoms with Gasteiger partial charge in [-0.05, 0) is 48.8 Å². The Hall–Kier alpha value is -1.26. The van der Waals surface area contributed by atoms with E-state index in [4.69, 9.17) is 6.42 Å². The van der Waals surface area contributed by atoms with E-state index in [0.717, 1.165) is 0 Å². The molecule has 0 fully saturated rings. The molecule has 1 heteroatoms. The Kier molecular flexibility index (Phi) is 4.09. The highest BCUT2D eigenvalue weighted by atomic mass is 14.9. The highest BCUT2D eigenvalue weighted by Crippen LogP contribution is 2.25. The van der Waals surface area contributed by atoms with Crippen molar-refractivity contribution in [2.24, 2.45) is 5.92 Å². The number of hydrogen-bond donors (Lipinski definition) is 1. The van der Waals surface area contributed by atoms with E-state index in [0.29, 0.717) is 12.0 Å². The Morgan fingerprint density at radius 2 is 1.89 bits per heavy atom. The van der Waals surface area contributed by atoms with Crippen LogP contribution in [0.25, 0.3) is 0 Å². The van der Waals surface area contributed by atoms with Crippen LogP contribution >= 0.6 is 0 Å². The van der Waals surface area contributed by atoms with Gasteiger partial charge in [-0.15, -0.1) is 6.42 Å². The molecular formula is C17H23N. The molecule has 0 amide bonds. The monoisotopic (exact) mass is 241 g/mol. The van der Waals surface area contributed by atoms with Crippen molar-refractivity contribution in [2.75, 3.05) is 0 Å². The van der Waals surface area contributed by atoms with E-state index in [1.807, 2.05) is 0 Å². The summed E-state index contributed by atoms with van der Waals surface area (Å²) in [4.78, 5) is 0. The molecule has 1 nitrogen and oxygen atoms in total. The van der Waals surface area contributed by atoms with E-state index >= 15 is 0 Å². The van der Waals surface area contributed by atoms with Crippen LogP contribution in [0.5, 0.6) is 0 Å². The molecule has 0 saturated carbocycles. The van der Waals surface area contributed by atoms with Crippen LogP contribution in [0.3, 0.4) is 0 Å². The van der Waals surface area contributed by atoms with Crippen LogP contribution in [0.4, 0.5) is 0 Å². The fraction of sp³-hybridized carbons (Fsp3) is 0.529. The van der Waals surface area contributed by atoms with Gasteiger partial charge in [-0.1, -0.05) is 38.0 Å². The van der Waals surface area contributed by atoms with Crippen LogP contribution < -0.4 is 5.32 Å². The predicted octanol–water partition coefficient (Wildman–Crippen LogP) is 3.48. The smallest absolute Gasteiger partial charge is 0.0714 e. The summed E-state index contributed by atoms with van der Waals surface area (Å²) in [6.07, 6.45) is 9.36. The van der Waals surface area contributed by atoms with E-state index in [1.165, 1.54) is 36.0 Å². The zero-order valence-corrected chi connectivity index (χ0v) is 11.7. The highest BCUT2D eigenvalue weighted by Gasteiger charge is 2.16. The maximum absolute atomic E-state index is 5.58. The summed E-state index contributed by atoms with van der Waals surface area (Å²) in [5.41, 5.74) is 4.42. The molecule has 0 aliphatic heterocycles. The predicted molar refractivity (Wildman–Crippen MR) is 77.5 cm³/mol. The number of benzene rings is 1. The third-order valence-electron chi connectivity index (χ3n) is 3.90. The first-order chi connectivity index (χ1) is 8.61. The van der Waals surface area contributed by atoms with E-state index in [1.54, 1.807) is 0 Å². The van der Waals surface area contributed by atoms with Crippen LogP contribution in [0.1, 0.15) is 49.9 Å². The van der Waals surface area contributed by atoms with Crippen molar-refractivity contribution in [2.45, 2.75) is 52.1 Å². The summed E-state index contributed by atoms with van der Waals surface area (Å²) >= 11 is 0. The first-order valence-electron chi connectivity index (χ1n) is 6.95. The summed E-state index contributed by atoms with van der Waals surface area (Å²) in [6.45, 7) is 6.52. The van der Waals surface area contributed by atoms with E-state index < -0.39 is 0 Å². The van der Waals surface area contributed by atoms with E-state index in [-0.39, 0.29) is 6.04 Å². The number of nitrogens with one attached hydrogen (secondary N) is 1. The number of hydrogen-bond acceptors (Lipinski definition) is 1. The molecule has 2 rings (SSSR count). The molecule has 2 unspecified atom stereocenters. The Morgan fingerprint density at radius 1 is 1.17 bits per heavy atom. The van der Waals surface area contributed by atoms with Gasteiger partial charge < -0.3 is 0 Å². The summed E-state index contributed by atoms with van der Waals surface area (Å²) < 4.78 is 0. The van der Waals surface area contributed by atoms with Crippen molar-refractivity contribution in [1.82, 2.24) is 5.32 Å². The lowest BCUT2D eigenvalue weighted by Gasteiger charge is -2.23. The van der Waals surface area contributed by atoms with Gasteiger partial charge in [0.25, 0.3) is 0 Å². The van der Waals surface area contributed by atoms with Gasteiger partial charge >= 0.3 is 0 Å². The molecule has 0 heterocycles. The Labute approximate surface area is 111 Å². The van der Waals surface area contributed by atoms with Crippen molar-refractivity contribution in [3.63, 3.8) is 0 Å². The van der Waals surface area contributed by atoms with Gasteiger partial charge in [0.1, 0.15) is 0 Å². The number of aryl methyl sites for hydroxylation is 2. The molecule has 1 N–H and O–H groups in total. The van der Waals surface area contributed by atoms with Crippen molar-refractivity contribution in [3.8, 4) is 12.3 Å². The van der Waals surface area contributed by atoms with Gasteiger partial charge in [-0.2, -0.15) is 0 Å². The lowest BCUT2D eigenvalue weighted by molar-refractivity contribution is 0.431. The molecular weight excluding hydrogens is 218 g/mol. The molecule has 0 radical (unpaired) electrons. The molecule has 96 valence electrons. The molecule has 0 bridgehead atoms. The molecule has 18 heavy (non-hydrogen) atoms. The first kappa shape index (κ1) is 13.2. The first-order valence-corrected chi connectivity index (χ1v) is 6.95. The van der Waals surface area contributed by atoms with E-state index in [9.17, 15) is 0 Å². The minimum Gasteiger partial charge on any atom is -0.297 e. The Balaban J connectivity index is 2.10. The number of rotatable bonds is 4. The standard InChI is InChI=1S/C17H23N/c1-5-17(12(2)3)18-13(4)15-10-9-14-7-6-8-16(14)11-15/h1,9-13,17-18H,6-8H2,2-4H3. The minimum absolute atomic E-state index is 0.147. The summed E-state index contributed by atoms with van der Waals surface area (Å²) in [5.74, 6) is 3.31. The van der Waals surface area contributed by atoms with Crippen molar-refractivity contribution >= 4 is 0 Å². The second-order valence-corrected chi connectivity index (χ2v) is 5.66. The van der Waals surface area contributed by atoms with Gasteiger partial charge in [0, 0.05) is 6.04 Å². The second-order valence-electron chi connectivity index (χ2n) is 5.66. The fourth-order valence-corrected chi connectivity index (χ4v) is 2.66. The topological polar surface area (TPSA) is 12.0 Å². The zero-order chi connectivity index (χ0) is 13.1. The van der Waals surface area contributed by atoms with Crippen molar-refractivity contribution in [3.05, 3.63) is 34.9 Å². The fourth-order valence-electron chi connectivity index (χ4n) is 2.66. The van der Waals surface area contributed by atoms with Crippen LogP contribution in [-0.2, 0) is 12.8 Å². The number of terminal acetylenes is 1. The average molecular weight is 241 g/mol. The zero-order valence-electron chi connectivity index (χ0n) is 11.7. The Morgan fingerprint density at radius 3 is 2.56 bits per heavy atom. The van der Waals surface area contributed by atoms with Gasteiger partial charge in [0.15, 0.2) is 0 Å². The van der Waals surface area contributed by atoms with Crippen molar-refractivity contribution in [1.29, 1.82) is 0 Å². The van der Waals surface area contributed by atoms with Crippen molar-refractivity contribution < 1.29 is 0 Å². The molecule has 0 saturated heterocycles. The normalized spacial score (nSPS) is 17.3. The summed E-state index contributed by atoms with van der Waals surface area (Å²) in [7, 11) is 0. The lowest BCUT2D eigenvalue weighted by Crippen LogP contribution is -2.34. The molecule has 0 spiro atoms. The summed E-state index contributed by atoms with van der Waals surface area (Å²) in [6, 6.07) is 7.35. The Bertz CT molecular complexity index is 453. The van der Waals surface area contributed by atoms with Crippen LogP contribution in [-0.4, -0.2) is 6.04 Å². The van der Waals surface area contributed by atoms with Gasteiger partial charge in [-0.25, -0.2) is 0 Å². The quantitative estimate of drug-likeness (QED) is 0.796. The maximum atomic E-state index is 5.58. The third kappa shape index (κ3) is 2.76. The lowest BCUT2D eigenvalue weighted by atomic mass is 9.99. The summed E-state index contributed by atoms with van der Waals surface area (Å²) in [5, 5.41) is 3.54. The number of fused-ring (bicyclic) bond motifs is 1. The highest BCUT2D eigenvalue weighted by molar-refractivity contribution is 5.36. The third-order valence-corrected chi connectivity index (χ3v) is 3.90. The molecule has 1 aliphatic carbocycles. The molecule has 2 atom stereocenters. The molecule has 1 aromatic rings. The molecule has 1 aliphatic rings. The van der Waals surface area contributed by atoms with Crippen LogP contribution in [0, 0.1) is 18.3 Å². The average Bonchev–Trinajstić information content (AvgIpc) is 2.82. The maximum Gasteiger partial charge on any atom is 0.0714 e. The largest absolute Gasteiger partial charge is 0.297 e. The SMILES string of the molecule is C#CC(NC(C)c1ccc2c(c1)CCC2)C(C)C. The van der Waals surface area contributed by atoms with Gasteiger partial charge in [-0.3, -0.25) is 5.32 Å². The molecule has 0 aromatic heterocycles. The van der Waals surface area contributed by atoms with Gasteiger partial charge in [0.05, 0.1) is 6.04 Å².